The fourth-order valence-electron chi connectivity index (χ4n) is 3.43. The lowest BCUT2D eigenvalue weighted by molar-refractivity contribution is -0.143. The van der Waals surface area contributed by atoms with E-state index >= 15 is 0 Å². The van der Waals surface area contributed by atoms with E-state index in [1.54, 1.807) is 7.05 Å². The Morgan fingerprint density at radius 1 is 1.22 bits per heavy atom. The summed E-state index contributed by atoms with van der Waals surface area (Å²) in [4.78, 5) is 8.08. The van der Waals surface area contributed by atoms with Crippen LogP contribution in [0.3, 0.4) is 0 Å². The monoisotopic (exact) mass is 448 g/mol. The third kappa shape index (κ3) is 7.03. The quantitative estimate of drug-likeness (QED) is 0.410. The number of guanidine groups is 1. The van der Waals surface area contributed by atoms with Gasteiger partial charge in [-0.1, -0.05) is 6.92 Å². The fourth-order valence-corrected chi connectivity index (χ4v) is 3.43. The number of alkyl halides is 3. The van der Waals surface area contributed by atoms with E-state index < -0.39 is 12.7 Å². The first-order valence-electron chi connectivity index (χ1n) is 8.12. The van der Waals surface area contributed by atoms with Gasteiger partial charge in [-0.25, -0.2) is 0 Å². The highest BCUT2D eigenvalue weighted by atomic mass is 127. The van der Waals surface area contributed by atoms with Gasteiger partial charge in [-0.2, -0.15) is 13.2 Å². The number of piperidine rings is 1. The third-order valence-corrected chi connectivity index (χ3v) is 4.49. The van der Waals surface area contributed by atoms with E-state index in [1.165, 1.54) is 17.7 Å². The number of aliphatic imine (C=N–C) groups is 1. The molecule has 0 bridgehead atoms. The van der Waals surface area contributed by atoms with Gasteiger partial charge in [0.15, 0.2) is 5.96 Å². The van der Waals surface area contributed by atoms with Crippen LogP contribution in [0.4, 0.5) is 13.2 Å². The maximum atomic E-state index is 12.4. The first-order valence-corrected chi connectivity index (χ1v) is 8.12. The predicted octanol–water partition coefficient (Wildman–Crippen LogP) is 2.80. The van der Waals surface area contributed by atoms with Crippen LogP contribution in [0.15, 0.2) is 4.99 Å². The second kappa shape index (κ2) is 9.29. The smallest absolute Gasteiger partial charge is 0.356 e. The first kappa shape index (κ1) is 20.8. The van der Waals surface area contributed by atoms with Crippen LogP contribution in [-0.4, -0.2) is 68.3 Å². The van der Waals surface area contributed by atoms with Crippen molar-refractivity contribution in [2.45, 2.75) is 32.4 Å². The molecular formula is C15H28F3IN4. The van der Waals surface area contributed by atoms with Crippen LogP contribution in [0.1, 0.15) is 26.2 Å². The van der Waals surface area contributed by atoms with E-state index in [1.807, 2.05) is 0 Å². The molecule has 0 aliphatic carbocycles. The van der Waals surface area contributed by atoms with Gasteiger partial charge in [0, 0.05) is 33.2 Å². The van der Waals surface area contributed by atoms with Crippen molar-refractivity contribution in [3.05, 3.63) is 0 Å². The highest BCUT2D eigenvalue weighted by molar-refractivity contribution is 14.0. The third-order valence-electron chi connectivity index (χ3n) is 4.49. The molecule has 0 amide bonds. The summed E-state index contributed by atoms with van der Waals surface area (Å²) in [6.45, 7) is 5.21. The van der Waals surface area contributed by atoms with Gasteiger partial charge >= 0.3 is 6.18 Å². The van der Waals surface area contributed by atoms with Gasteiger partial charge in [-0.15, -0.1) is 24.0 Å². The van der Waals surface area contributed by atoms with Gasteiger partial charge < -0.3 is 10.2 Å². The van der Waals surface area contributed by atoms with E-state index in [2.05, 4.69) is 22.1 Å². The molecule has 0 aromatic rings. The van der Waals surface area contributed by atoms with Crippen molar-refractivity contribution >= 4 is 29.9 Å². The molecule has 0 aromatic carbocycles. The first-order chi connectivity index (χ1) is 10.4. The van der Waals surface area contributed by atoms with Gasteiger partial charge in [0.2, 0.25) is 0 Å². The molecule has 136 valence electrons. The summed E-state index contributed by atoms with van der Waals surface area (Å²) in [5.74, 6) is 1.82. The van der Waals surface area contributed by atoms with Crippen molar-refractivity contribution < 1.29 is 13.2 Å². The zero-order valence-corrected chi connectivity index (χ0v) is 16.2. The van der Waals surface area contributed by atoms with Crippen molar-refractivity contribution in [1.82, 2.24) is 15.1 Å². The molecule has 0 aromatic heterocycles. The van der Waals surface area contributed by atoms with Crippen LogP contribution in [0.2, 0.25) is 0 Å². The molecule has 2 heterocycles. The minimum Gasteiger partial charge on any atom is -0.356 e. The molecule has 8 heteroatoms. The Bertz CT molecular complexity index is 389. The lowest BCUT2D eigenvalue weighted by Crippen LogP contribution is -2.47. The fraction of sp³-hybridized carbons (Fsp3) is 0.933. The lowest BCUT2D eigenvalue weighted by atomic mass is 10.0. The molecule has 2 aliphatic rings. The molecule has 1 N–H and O–H groups in total. The Morgan fingerprint density at radius 2 is 1.96 bits per heavy atom. The average Bonchev–Trinajstić information content (AvgIpc) is 2.85. The van der Waals surface area contributed by atoms with Crippen molar-refractivity contribution in [2.75, 3.05) is 46.3 Å². The maximum absolute atomic E-state index is 12.4. The minimum atomic E-state index is -4.09. The number of nitrogens with zero attached hydrogens (tertiary/aromatic N) is 3. The van der Waals surface area contributed by atoms with Crippen LogP contribution in [0, 0.1) is 11.8 Å². The van der Waals surface area contributed by atoms with Gasteiger partial charge in [-0.05, 0) is 37.6 Å². The predicted molar refractivity (Wildman–Crippen MR) is 97.3 cm³/mol. The summed E-state index contributed by atoms with van der Waals surface area (Å²) < 4.78 is 37.2. The summed E-state index contributed by atoms with van der Waals surface area (Å²) in [6, 6.07) is 0. The second-order valence-electron chi connectivity index (χ2n) is 6.63. The summed E-state index contributed by atoms with van der Waals surface area (Å²) in [6.07, 6.45) is -0.855. The zero-order chi connectivity index (χ0) is 16.2. The number of likely N-dealkylation sites (tertiary alicyclic amines) is 2. The number of rotatable bonds is 3. The lowest BCUT2D eigenvalue weighted by Gasteiger charge is -2.34. The standard InChI is InChI=1S/C15H27F3N4.HI/c1-12-4-3-6-22(9-12)14(19-2)20-8-13-5-7-21(10-13)11-15(16,17)18;/h12-13H,3-11H2,1-2H3,(H,19,20);1H. The Balaban J connectivity index is 0.00000264. The average molecular weight is 448 g/mol. The van der Waals surface area contributed by atoms with Crippen LogP contribution in [-0.2, 0) is 0 Å². The molecule has 2 atom stereocenters. The molecule has 4 nitrogen and oxygen atoms in total. The highest BCUT2D eigenvalue weighted by Crippen LogP contribution is 2.22. The maximum Gasteiger partial charge on any atom is 0.401 e. The Kier molecular flexibility index (Phi) is 8.40. The molecule has 2 saturated heterocycles. The van der Waals surface area contributed by atoms with Crippen LogP contribution in [0.25, 0.3) is 0 Å². The number of halogens is 4. The molecule has 2 rings (SSSR count). The number of nitrogens with one attached hydrogen (secondary N) is 1. The Morgan fingerprint density at radius 3 is 2.57 bits per heavy atom. The molecule has 23 heavy (non-hydrogen) atoms. The highest BCUT2D eigenvalue weighted by Gasteiger charge is 2.34. The van der Waals surface area contributed by atoms with Gasteiger partial charge in [-0.3, -0.25) is 9.89 Å². The zero-order valence-electron chi connectivity index (χ0n) is 13.9. The van der Waals surface area contributed by atoms with Crippen LogP contribution >= 0.6 is 24.0 Å². The molecule has 0 radical (unpaired) electrons. The van der Waals surface area contributed by atoms with E-state index in [0.29, 0.717) is 25.6 Å². The summed E-state index contributed by atoms with van der Waals surface area (Å²) in [7, 11) is 1.77. The molecule has 2 aliphatic heterocycles. The van der Waals surface area contributed by atoms with E-state index in [9.17, 15) is 13.2 Å². The molecule has 0 saturated carbocycles. The molecule has 0 spiro atoms. The van der Waals surface area contributed by atoms with Crippen molar-refractivity contribution in [1.29, 1.82) is 0 Å². The van der Waals surface area contributed by atoms with Crippen molar-refractivity contribution in [3.63, 3.8) is 0 Å². The van der Waals surface area contributed by atoms with Crippen LogP contribution in [0.5, 0.6) is 0 Å². The summed E-state index contributed by atoms with van der Waals surface area (Å²) in [5, 5.41) is 3.35. The van der Waals surface area contributed by atoms with Crippen LogP contribution < -0.4 is 5.32 Å². The molecule has 2 unspecified atom stereocenters. The van der Waals surface area contributed by atoms with Crippen molar-refractivity contribution in [3.8, 4) is 0 Å². The molecular weight excluding hydrogens is 420 g/mol. The molecule has 2 fully saturated rings. The largest absolute Gasteiger partial charge is 0.401 e. The van der Waals surface area contributed by atoms with E-state index in [0.717, 1.165) is 25.5 Å². The number of hydrogen-bond acceptors (Lipinski definition) is 2. The Labute approximate surface area is 153 Å². The van der Waals surface area contributed by atoms with Gasteiger partial charge in [0.1, 0.15) is 0 Å². The number of hydrogen-bond donors (Lipinski definition) is 1. The van der Waals surface area contributed by atoms with E-state index in [4.69, 9.17) is 0 Å². The summed E-state index contributed by atoms with van der Waals surface area (Å²) >= 11 is 0. The van der Waals surface area contributed by atoms with Gasteiger partial charge in [0.05, 0.1) is 6.54 Å². The van der Waals surface area contributed by atoms with E-state index in [-0.39, 0.29) is 29.9 Å². The van der Waals surface area contributed by atoms with Gasteiger partial charge in [0.25, 0.3) is 0 Å². The topological polar surface area (TPSA) is 30.9 Å². The normalized spacial score (nSPS) is 27.0. The summed E-state index contributed by atoms with van der Waals surface area (Å²) in [5.41, 5.74) is 0. The minimum absolute atomic E-state index is 0. The SMILES string of the molecule is CN=C(NCC1CCN(CC(F)(F)F)C1)N1CCCC(C)C1.I. The van der Waals surface area contributed by atoms with Crippen molar-refractivity contribution in [2.24, 2.45) is 16.8 Å². The second-order valence-corrected chi connectivity index (χ2v) is 6.63. The Hall–Kier alpha value is -0.250.